The predicted octanol–water partition coefficient (Wildman–Crippen LogP) is 2.25. The van der Waals surface area contributed by atoms with E-state index < -0.39 is 5.60 Å². The molecule has 0 amide bonds. The first-order valence-corrected chi connectivity index (χ1v) is 3.82. The van der Waals surface area contributed by atoms with Gasteiger partial charge in [-0.15, -0.1) is 0 Å². The molecule has 11 heavy (non-hydrogen) atoms. The van der Waals surface area contributed by atoms with E-state index in [1.165, 1.54) is 0 Å². The lowest BCUT2D eigenvalue weighted by Crippen LogP contribution is -2.21. The predicted molar refractivity (Wildman–Crippen MR) is 43.7 cm³/mol. The summed E-state index contributed by atoms with van der Waals surface area (Å²) >= 11 is 5.54. The Hall–Kier alpha value is -0.470. The van der Waals surface area contributed by atoms with Crippen molar-refractivity contribution in [1.29, 1.82) is 0 Å². The summed E-state index contributed by atoms with van der Waals surface area (Å²) in [5, 5.41) is 9.74. The quantitative estimate of drug-likeness (QED) is 0.746. The maximum absolute atomic E-state index is 9.38. The minimum Gasteiger partial charge on any atom is -0.450 e. The molecular weight excluding hydrogens is 164 g/mol. The molecule has 0 bridgehead atoms. The van der Waals surface area contributed by atoms with E-state index in [1.807, 2.05) is 0 Å². The molecule has 1 heterocycles. The summed E-state index contributed by atoms with van der Waals surface area (Å²) in [5.41, 5.74) is -0.735. The second kappa shape index (κ2) is 2.88. The molecule has 0 aliphatic rings. The average Bonchev–Trinajstić information content (AvgIpc) is 2.10. The lowest BCUT2D eigenvalue weighted by Gasteiger charge is -2.14. The van der Waals surface area contributed by atoms with Crippen LogP contribution in [-0.2, 0) is 6.42 Å². The first-order valence-electron chi connectivity index (χ1n) is 3.44. The highest BCUT2D eigenvalue weighted by Gasteiger charge is 2.15. The molecule has 0 fully saturated rings. The van der Waals surface area contributed by atoms with Crippen molar-refractivity contribution in [2.24, 2.45) is 0 Å². The maximum atomic E-state index is 9.38. The maximum Gasteiger partial charge on any atom is 0.193 e. The molecule has 0 saturated heterocycles. The normalized spacial score (nSPS) is 12.0. The van der Waals surface area contributed by atoms with Crippen molar-refractivity contribution < 1.29 is 9.52 Å². The minimum atomic E-state index is -0.735. The van der Waals surface area contributed by atoms with Crippen LogP contribution in [0.25, 0.3) is 0 Å². The number of hydrogen-bond acceptors (Lipinski definition) is 2. The summed E-state index contributed by atoms with van der Waals surface area (Å²) < 4.78 is 5.06. The number of halogens is 1. The fraction of sp³-hybridized carbons (Fsp3) is 0.500. The molecule has 3 heteroatoms. The number of furan rings is 1. The van der Waals surface area contributed by atoms with Crippen LogP contribution in [0.4, 0.5) is 0 Å². The number of hydrogen-bond donors (Lipinski definition) is 1. The van der Waals surface area contributed by atoms with Gasteiger partial charge in [-0.1, -0.05) is 0 Å². The number of aliphatic hydroxyl groups is 1. The van der Waals surface area contributed by atoms with Crippen LogP contribution in [0, 0.1) is 0 Å². The van der Waals surface area contributed by atoms with Crippen molar-refractivity contribution in [3.05, 3.63) is 23.1 Å². The molecule has 0 aromatic carbocycles. The zero-order valence-electron chi connectivity index (χ0n) is 6.60. The van der Waals surface area contributed by atoms with Crippen LogP contribution in [0.15, 0.2) is 16.5 Å². The first kappa shape index (κ1) is 8.62. The van der Waals surface area contributed by atoms with Gasteiger partial charge in [-0.2, -0.15) is 0 Å². The molecule has 0 spiro atoms. The number of rotatable bonds is 2. The Morgan fingerprint density at radius 2 is 2.18 bits per heavy atom. The van der Waals surface area contributed by atoms with Crippen LogP contribution < -0.4 is 0 Å². The lowest BCUT2D eigenvalue weighted by atomic mass is 10.0. The van der Waals surface area contributed by atoms with Gasteiger partial charge in [-0.3, -0.25) is 0 Å². The van der Waals surface area contributed by atoms with Crippen LogP contribution in [0.5, 0.6) is 0 Å². The van der Waals surface area contributed by atoms with Gasteiger partial charge in [0.2, 0.25) is 0 Å². The highest BCUT2D eigenvalue weighted by atomic mass is 35.5. The monoisotopic (exact) mass is 174 g/mol. The van der Waals surface area contributed by atoms with Gasteiger partial charge in [0.05, 0.1) is 5.60 Å². The van der Waals surface area contributed by atoms with Gasteiger partial charge in [-0.25, -0.2) is 0 Å². The van der Waals surface area contributed by atoms with E-state index in [2.05, 4.69) is 0 Å². The summed E-state index contributed by atoms with van der Waals surface area (Å²) in [6.07, 6.45) is 0.486. The Morgan fingerprint density at radius 1 is 1.55 bits per heavy atom. The summed E-state index contributed by atoms with van der Waals surface area (Å²) in [7, 11) is 0. The van der Waals surface area contributed by atoms with Crippen LogP contribution in [0.3, 0.4) is 0 Å². The second-order valence-corrected chi connectivity index (χ2v) is 3.57. The molecule has 1 N–H and O–H groups in total. The molecular formula is C8H11ClO2. The second-order valence-electron chi connectivity index (χ2n) is 3.20. The average molecular weight is 175 g/mol. The van der Waals surface area contributed by atoms with Crippen molar-refractivity contribution in [1.82, 2.24) is 0 Å². The molecule has 0 unspecified atom stereocenters. The van der Waals surface area contributed by atoms with E-state index in [1.54, 1.807) is 26.0 Å². The van der Waals surface area contributed by atoms with Crippen LogP contribution in [-0.4, -0.2) is 10.7 Å². The van der Waals surface area contributed by atoms with E-state index in [0.29, 0.717) is 17.4 Å². The molecule has 0 aliphatic carbocycles. The van der Waals surface area contributed by atoms with Crippen molar-refractivity contribution in [3.63, 3.8) is 0 Å². The molecule has 0 atom stereocenters. The molecule has 1 aromatic rings. The van der Waals surface area contributed by atoms with Crippen LogP contribution >= 0.6 is 11.6 Å². The van der Waals surface area contributed by atoms with Gasteiger partial charge in [0.15, 0.2) is 5.22 Å². The van der Waals surface area contributed by atoms with Gasteiger partial charge in [0, 0.05) is 6.42 Å². The third kappa shape index (κ3) is 2.95. The summed E-state index contributed by atoms with van der Waals surface area (Å²) in [6.45, 7) is 3.45. The third-order valence-corrected chi connectivity index (χ3v) is 1.44. The van der Waals surface area contributed by atoms with E-state index >= 15 is 0 Å². The van der Waals surface area contributed by atoms with Gasteiger partial charge < -0.3 is 9.52 Å². The van der Waals surface area contributed by atoms with Crippen LogP contribution in [0.1, 0.15) is 19.6 Å². The van der Waals surface area contributed by atoms with Crippen molar-refractivity contribution in [2.75, 3.05) is 0 Å². The van der Waals surface area contributed by atoms with E-state index in [9.17, 15) is 5.11 Å². The molecule has 62 valence electrons. The van der Waals surface area contributed by atoms with Gasteiger partial charge in [-0.05, 0) is 37.6 Å². The standard InChI is InChI=1S/C8H11ClO2/c1-8(2,10)5-6-3-4-7(9)11-6/h3-4,10H,5H2,1-2H3. The lowest BCUT2D eigenvalue weighted by molar-refractivity contribution is 0.0753. The Labute approximate surface area is 70.8 Å². The van der Waals surface area contributed by atoms with Gasteiger partial charge in [0.1, 0.15) is 5.76 Å². The zero-order chi connectivity index (χ0) is 8.48. The Balaban J connectivity index is 2.65. The highest BCUT2D eigenvalue weighted by Crippen LogP contribution is 2.17. The third-order valence-electron chi connectivity index (χ3n) is 1.24. The van der Waals surface area contributed by atoms with Crippen LogP contribution in [0.2, 0.25) is 5.22 Å². The first-order chi connectivity index (χ1) is 4.97. The van der Waals surface area contributed by atoms with Crippen molar-refractivity contribution >= 4 is 11.6 Å². The molecule has 2 nitrogen and oxygen atoms in total. The molecule has 0 saturated carbocycles. The zero-order valence-corrected chi connectivity index (χ0v) is 7.35. The fourth-order valence-electron chi connectivity index (χ4n) is 0.873. The molecule has 0 aliphatic heterocycles. The SMILES string of the molecule is CC(C)(O)Cc1ccc(Cl)o1. The molecule has 1 aromatic heterocycles. The summed E-state index contributed by atoms with van der Waals surface area (Å²) in [6, 6.07) is 3.43. The largest absolute Gasteiger partial charge is 0.450 e. The van der Waals surface area contributed by atoms with Gasteiger partial charge >= 0.3 is 0 Å². The van der Waals surface area contributed by atoms with Crippen molar-refractivity contribution in [2.45, 2.75) is 25.9 Å². The van der Waals surface area contributed by atoms with Crippen molar-refractivity contribution in [3.8, 4) is 0 Å². The minimum absolute atomic E-state index is 0.365. The van der Waals surface area contributed by atoms with E-state index in [-0.39, 0.29) is 0 Å². The van der Waals surface area contributed by atoms with E-state index in [4.69, 9.17) is 16.0 Å². The summed E-state index contributed by atoms with van der Waals surface area (Å²) in [4.78, 5) is 0. The topological polar surface area (TPSA) is 33.4 Å². The summed E-state index contributed by atoms with van der Waals surface area (Å²) in [5.74, 6) is 0.711. The fourth-order valence-corrected chi connectivity index (χ4v) is 1.04. The molecule has 0 radical (unpaired) electrons. The smallest absolute Gasteiger partial charge is 0.193 e. The Morgan fingerprint density at radius 3 is 2.55 bits per heavy atom. The van der Waals surface area contributed by atoms with E-state index in [0.717, 1.165) is 0 Å². The van der Waals surface area contributed by atoms with Gasteiger partial charge in [0.25, 0.3) is 0 Å². The highest BCUT2D eigenvalue weighted by molar-refractivity contribution is 6.28. The Bertz CT molecular complexity index is 234. The Kier molecular flexibility index (Phi) is 2.25. The molecule has 1 rings (SSSR count).